The Morgan fingerprint density at radius 3 is 3.11 bits per heavy atom. The molecule has 4 heteroatoms. The Balaban J connectivity index is 1.79. The van der Waals surface area contributed by atoms with Gasteiger partial charge in [0, 0.05) is 38.5 Å². The van der Waals surface area contributed by atoms with Gasteiger partial charge in [-0.05, 0) is 32.2 Å². The number of imidazole rings is 1. The molecule has 1 saturated heterocycles. The van der Waals surface area contributed by atoms with Crippen molar-refractivity contribution in [1.82, 2.24) is 14.9 Å². The smallest absolute Gasteiger partial charge is 0.108 e. The molecular weight excluding hydrogens is 226 g/mol. The van der Waals surface area contributed by atoms with Gasteiger partial charge in [-0.15, -0.1) is 0 Å². The van der Waals surface area contributed by atoms with Crippen LogP contribution in [-0.2, 0) is 18.2 Å². The third kappa shape index (κ3) is 3.82. The molecule has 1 fully saturated rings. The molecule has 2 heterocycles. The van der Waals surface area contributed by atoms with Gasteiger partial charge in [0.1, 0.15) is 5.82 Å². The maximum Gasteiger partial charge on any atom is 0.108 e. The van der Waals surface area contributed by atoms with Gasteiger partial charge in [0.2, 0.25) is 0 Å². The Hall–Kier alpha value is -0.870. The van der Waals surface area contributed by atoms with E-state index in [0.717, 1.165) is 32.4 Å². The zero-order chi connectivity index (χ0) is 12.8. The van der Waals surface area contributed by atoms with E-state index in [1.165, 1.54) is 18.7 Å². The van der Waals surface area contributed by atoms with E-state index >= 15 is 0 Å². The fourth-order valence-electron chi connectivity index (χ4n) is 2.68. The van der Waals surface area contributed by atoms with Crippen LogP contribution in [0, 0.1) is 0 Å². The first-order valence-electron chi connectivity index (χ1n) is 7.10. The van der Waals surface area contributed by atoms with Gasteiger partial charge < -0.3 is 14.6 Å². The Morgan fingerprint density at radius 2 is 2.50 bits per heavy atom. The minimum absolute atomic E-state index is 0.468. The Labute approximate surface area is 110 Å². The fraction of sp³-hybridized carbons (Fsp3) is 0.786. The van der Waals surface area contributed by atoms with E-state index < -0.39 is 0 Å². The lowest BCUT2D eigenvalue weighted by atomic mass is 10.0. The lowest BCUT2D eigenvalue weighted by Crippen LogP contribution is -2.33. The molecular formula is C14H25N3O. The molecule has 1 aliphatic heterocycles. The summed E-state index contributed by atoms with van der Waals surface area (Å²) in [5, 5.41) is 3.57. The summed E-state index contributed by atoms with van der Waals surface area (Å²) in [6.07, 6.45) is 10.1. The van der Waals surface area contributed by atoms with E-state index in [4.69, 9.17) is 4.74 Å². The molecule has 0 bridgehead atoms. The molecule has 2 atom stereocenters. The van der Waals surface area contributed by atoms with Gasteiger partial charge in [0.15, 0.2) is 0 Å². The van der Waals surface area contributed by atoms with Crippen molar-refractivity contribution in [3.63, 3.8) is 0 Å². The standard InChI is InChI=1S/C14H25N3O/c1-3-15-12(11-13-5-4-10-18-13)6-7-14-16-8-9-17(14)2/h8-9,12-13,15H,3-7,10-11H2,1-2H3. The maximum atomic E-state index is 5.73. The zero-order valence-corrected chi connectivity index (χ0v) is 11.6. The average Bonchev–Trinajstić information content (AvgIpc) is 2.98. The van der Waals surface area contributed by atoms with Crippen LogP contribution in [0.15, 0.2) is 12.4 Å². The predicted molar refractivity (Wildman–Crippen MR) is 72.6 cm³/mol. The highest BCUT2D eigenvalue weighted by Gasteiger charge is 2.20. The van der Waals surface area contributed by atoms with E-state index in [1.54, 1.807) is 0 Å². The molecule has 0 aromatic carbocycles. The van der Waals surface area contributed by atoms with Crippen molar-refractivity contribution in [2.24, 2.45) is 7.05 Å². The summed E-state index contributed by atoms with van der Waals surface area (Å²) in [7, 11) is 2.06. The summed E-state index contributed by atoms with van der Waals surface area (Å²) < 4.78 is 7.84. The fourth-order valence-corrected chi connectivity index (χ4v) is 2.68. The lowest BCUT2D eigenvalue weighted by Gasteiger charge is -2.21. The second kappa shape index (κ2) is 6.90. The SMILES string of the molecule is CCNC(CCc1nccn1C)CC1CCCO1. The number of hydrogen-bond acceptors (Lipinski definition) is 3. The first-order chi connectivity index (χ1) is 8.79. The normalized spacial score (nSPS) is 21.3. The van der Waals surface area contributed by atoms with Crippen molar-refractivity contribution in [2.45, 2.75) is 51.2 Å². The third-order valence-corrected chi connectivity index (χ3v) is 3.70. The number of nitrogens with one attached hydrogen (secondary N) is 1. The van der Waals surface area contributed by atoms with E-state index in [2.05, 4.69) is 28.8 Å². The van der Waals surface area contributed by atoms with Crippen LogP contribution < -0.4 is 5.32 Å². The van der Waals surface area contributed by atoms with Crippen LogP contribution in [0.5, 0.6) is 0 Å². The van der Waals surface area contributed by atoms with E-state index in [0.29, 0.717) is 12.1 Å². The molecule has 0 radical (unpaired) electrons. The first kappa shape index (κ1) is 13.6. The molecule has 1 aromatic rings. The minimum atomic E-state index is 0.468. The number of hydrogen-bond donors (Lipinski definition) is 1. The van der Waals surface area contributed by atoms with Crippen LogP contribution >= 0.6 is 0 Å². The predicted octanol–water partition coefficient (Wildman–Crippen LogP) is 1.90. The molecule has 18 heavy (non-hydrogen) atoms. The van der Waals surface area contributed by atoms with Gasteiger partial charge in [-0.1, -0.05) is 6.92 Å². The third-order valence-electron chi connectivity index (χ3n) is 3.70. The number of aryl methyl sites for hydroxylation is 2. The van der Waals surface area contributed by atoms with Crippen molar-refractivity contribution < 1.29 is 4.74 Å². The van der Waals surface area contributed by atoms with E-state index in [9.17, 15) is 0 Å². The summed E-state index contributed by atoms with van der Waals surface area (Å²) in [5.74, 6) is 1.17. The molecule has 1 aliphatic rings. The quantitative estimate of drug-likeness (QED) is 0.804. The maximum absolute atomic E-state index is 5.73. The number of aromatic nitrogens is 2. The van der Waals surface area contributed by atoms with Crippen molar-refractivity contribution in [3.05, 3.63) is 18.2 Å². The molecule has 0 saturated carbocycles. The summed E-state index contributed by atoms with van der Waals surface area (Å²) in [6, 6.07) is 0.551. The molecule has 0 amide bonds. The summed E-state index contributed by atoms with van der Waals surface area (Å²) in [4.78, 5) is 4.38. The van der Waals surface area contributed by atoms with E-state index in [-0.39, 0.29) is 0 Å². The van der Waals surface area contributed by atoms with Crippen molar-refractivity contribution >= 4 is 0 Å². The van der Waals surface area contributed by atoms with E-state index in [1.807, 2.05) is 12.4 Å². The molecule has 0 spiro atoms. The Morgan fingerprint density at radius 1 is 1.61 bits per heavy atom. The van der Waals surface area contributed by atoms with Gasteiger partial charge in [0.05, 0.1) is 6.10 Å². The van der Waals surface area contributed by atoms with Crippen molar-refractivity contribution in [3.8, 4) is 0 Å². The molecule has 2 rings (SSSR count). The largest absolute Gasteiger partial charge is 0.378 e. The van der Waals surface area contributed by atoms with Gasteiger partial charge in [-0.3, -0.25) is 0 Å². The monoisotopic (exact) mass is 251 g/mol. The topological polar surface area (TPSA) is 39.1 Å². The highest BCUT2D eigenvalue weighted by Crippen LogP contribution is 2.18. The highest BCUT2D eigenvalue weighted by molar-refractivity contribution is 4.92. The van der Waals surface area contributed by atoms with Gasteiger partial charge >= 0.3 is 0 Å². The zero-order valence-electron chi connectivity index (χ0n) is 11.6. The average molecular weight is 251 g/mol. The van der Waals surface area contributed by atoms with Crippen molar-refractivity contribution in [2.75, 3.05) is 13.2 Å². The number of nitrogens with zero attached hydrogens (tertiary/aromatic N) is 2. The number of rotatable bonds is 7. The second-order valence-electron chi connectivity index (χ2n) is 5.12. The van der Waals surface area contributed by atoms with Crippen LogP contribution in [0.1, 0.15) is 38.4 Å². The number of ether oxygens (including phenoxy) is 1. The molecule has 102 valence electrons. The first-order valence-corrected chi connectivity index (χ1v) is 7.10. The van der Waals surface area contributed by atoms with Crippen LogP contribution in [0.3, 0.4) is 0 Å². The molecule has 4 nitrogen and oxygen atoms in total. The summed E-state index contributed by atoms with van der Waals surface area (Å²) in [5.41, 5.74) is 0. The Bertz CT molecular complexity index is 345. The summed E-state index contributed by atoms with van der Waals surface area (Å²) >= 11 is 0. The Kier molecular flexibility index (Phi) is 5.20. The van der Waals surface area contributed by atoms with Crippen LogP contribution in [0.25, 0.3) is 0 Å². The highest BCUT2D eigenvalue weighted by atomic mass is 16.5. The van der Waals surface area contributed by atoms with Crippen LogP contribution in [0.2, 0.25) is 0 Å². The second-order valence-corrected chi connectivity index (χ2v) is 5.12. The van der Waals surface area contributed by atoms with Crippen LogP contribution in [-0.4, -0.2) is 34.8 Å². The molecule has 0 aliphatic carbocycles. The molecule has 1 N–H and O–H groups in total. The van der Waals surface area contributed by atoms with Crippen molar-refractivity contribution in [1.29, 1.82) is 0 Å². The van der Waals surface area contributed by atoms with Gasteiger partial charge in [0.25, 0.3) is 0 Å². The minimum Gasteiger partial charge on any atom is -0.378 e. The van der Waals surface area contributed by atoms with Crippen LogP contribution in [0.4, 0.5) is 0 Å². The molecule has 1 aromatic heterocycles. The van der Waals surface area contributed by atoms with Gasteiger partial charge in [-0.25, -0.2) is 4.98 Å². The van der Waals surface area contributed by atoms with Gasteiger partial charge in [-0.2, -0.15) is 0 Å². The molecule has 2 unspecified atom stereocenters. The lowest BCUT2D eigenvalue weighted by molar-refractivity contribution is 0.0937. The summed E-state index contributed by atoms with van der Waals surface area (Å²) in [6.45, 7) is 4.14.